The van der Waals surface area contributed by atoms with E-state index in [-0.39, 0.29) is 5.56 Å². The lowest BCUT2D eigenvalue weighted by Gasteiger charge is -1.90. The fourth-order valence-corrected chi connectivity index (χ4v) is 1.04. The molecule has 4 heteroatoms. The van der Waals surface area contributed by atoms with E-state index in [2.05, 4.69) is 29.5 Å². The third-order valence-electron chi connectivity index (χ3n) is 1.33. The van der Waals surface area contributed by atoms with Crippen LogP contribution in [-0.4, -0.2) is 10.7 Å². The van der Waals surface area contributed by atoms with Crippen LogP contribution in [0, 0.1) is 11.8 Å². The highest BCUT2D eigenvalue weighted by molar-refractivity contribution is 7.80. The van der Waals surface area contributed by atoms with Crippen molar-refractivity contribution in [2.45, 2.75) is 6.42 Å². The zero-order valence-corrected chi connectivity index (χ0v) is 8.45. The Morgan fingerprint density at radius 1 is 1.62 bits per heavy atom. The van der Waals surface area contributed by atoms with Gasteiger partial charge in [0.1, 0.15) is 0 Å². The molecule has 0 bridgehead atoms. The quantitative estimate of drug-likeness (QED) is 0.540. The Morgan fingerprint density at radius 3 is 3.08 bits per heavy atom. The number of aromatic nitrogens is 1. The number of halogens is 1. The van der Waals surface area contributed by atoms with Crippen LogP contribution in [0.5, 0.6) is 0 Å². The van der Waals surface area contributed by atoms with Crippen LogP contribution in [-0.2, 0) is 0 Å². The summed E-state index contributed by atoms with van der Waals surface area (Å²) in [5.74, 6) is 6.23. The average molecular weight is 214 g/mol. The molecule has 1 heterocycles. The zero-order chi connectivity index (χ0) is 9.68. The molecule has 0 radical (unpaired) electrons. The van der Waals surface area contributed by atoms with E-state index in [1.807, 2.05) is 0 Å². The minimum atomic E-state index is -0.212. The molecular weight excluding hydrogens is 206 g/mol. The van der Waals surface area contributed by atoms with Crippen molar-refractivity contribution in [2.75, 3.05) is 5.75 Å². The largest absolute Gasteiger partial charge is 0.327 e. The van der Waals surface area contributed by atoms with Crippen molar-refractivity contribution in [2.24, 2.45) is 0 Å². The molecule has 0 fully saturated rings. The number of nitrogens with one attached hydrogen (secondary N) is 1. The van der Waals surface area contributed by atoms with Crippen LogP contribution >= 0.6 is 24.2 Å². The summed E-state index contributed by atoms with van der Waals surface area (Å²) < 4.78 is 0. The molecule has 1 rings (SSSR count). The molecule has 1 N–H and O–H groups in total. The molecule has 0 aliphatic rings. The lowest BCUT2D eigenvalue weighted by Crippen LogP contribution is -2.08. The predicted octanol–water partition coefficient (Wildman–Crippen LogP) is 1.70. The molecule has 1 aromatic heterocycles. The molecule has 0 spiro atoms. The molecule has 0 unspecified atom stereocenters. The summed E-state index contributed by atoms with van der Waals surface area (Å²) in [6.07, 6.45) is 2.10. The van der Waals surface area contributed by atoms with Crippen LogP contribution in [0.15, 0.2) is 17.1 Å². The van der Waals surface area contributed by atoms with Gasteiger partial charge in [0.15, 0.2) is 0 Å². The number of rotatable bonds is 1. The van der Waals surface area contributed by atoms with Crippen molar-refractivity contribution in [1.29, 1.82) is 0 Å². The van der Waals surface area contributed by atoms with Crippen LogP contribution in [0.2, 0.25) is 5.02 Å². The summed E-state index contributed by atoms with van der Waals surface area (Å²) in [7, 11) is 0. The van der Waals surface area contributed by atoms with Crippen molar-refractivity contribution in [3.05, 3.63) is 33.2 Å². The van der Waals surface area contributed by atoms with Crippen LogP contribution in [0.4, 0.5) is 0 Å². The third-order valence-corrected chi connectivity index (χ3v) is 1.77. The maximum atomic E-state index is 11.1. The Morgan fingerprint density at radius 2 is 2.38 bits per heavy atom. The van der Waals surface area contributed by atoms with Crippen molar-refractivity contribution in [3.8, 4) is 11.8 Å². The van der Waals surface area contributed by atoms with Crippen LogP contribution in [0.3, 0.4) is 0 Å². The zero-order valence-electron chi connectivity index (χ0n) is 6.80. The van der Waals surface area contributed by atoms with Gasteiger partial charge < -0.3 is 4.98 Å². The van der Waals surface area contributed by atoms with E-state index in [0.29, 0.717) is 22.8 Å². The van der Waals surface area contributed by atoms with E-state index in [4.69, 9.17) is 11.6 Å². The van der Waals surface area contributed by atoms with E-state index in [0.717, 1.165) is 0 Å². The van der Waals surface area contributed by atoms with Gasteiger partial charge in [0.2, 0.25) is 0 Å². The Labute approximate surface area is 86.7 Å². The topological polar surface area (TPSA) is 32.9 Å². The van der Waals surface area contributed by atoms with E-state index in [1.54, 1.807) is 6.07 Å². The van der Waals surface area contributed by atoms with Gasteiger partial charge in [-0.15, -0.1) is 0 Å². The number of pyridine rings is 1. The fraction of sp³-hybridized carbons (Fsp3) is 0.222. The van der Waals surface area contributed by atoms with Gasteiger partial charge in [-0.05, 0) is 6.07 Å². The highest BCUT2D eigenvalue weighted by atomic mass is 35.5. The predicted molar refractivity (Wildman–Crippen MR) is 57.4 cm³/mol. The van der Waals surface area contributed by atoms with E-state index >= 15 is 0 Å². The Hall–Kier alpha value is -0.850. The lowest BCUT2D eigenvalue weighted by atomic mass is 10.3. The summed E-state index contributed by atoms with van der Waals surface area (Å²) in [5.41, 5.74) is 0.186. The highest BCUT2D eigenvalue weighted by Crippen LogP contribution is 2.03. The second-order valence-corrected chi connectivity index (χ2v) is 3.22. The van der Waals surface area contributed by atoms with Crippen LogP contribution < -0.4 is 5.56 Å². The minimum absolute atomic E-state index is 0.212. The Kier molecular flexibility index (Phi) is 3.94. The summed E-state index contributed by atoms with van der Waals surface area (Å²) in [4.78, 5) is 13.6. The van der Waals surface area contributed by atoms with Crippen LogP contribution in [0.1, 0.15) is 12.0 Å². The normalized spacial score (nSPS) is 9.08. The van der Waals surface area contributed by atoms with E-state index in [1.165, 1.54) is 6.20 Å². The summed E-state index contributed by atoms with van der Waals surface area (Å²) in [6, 6.07) is 1.55. The van der Waals surface area contributed by atoms with Gasteiger partial charge in [-0.3, -0.25) is 4.79 Å². The Balaban J connectivity index is 2.96. The molecule has 0 saturated carbocycles. The number of H-pyrrole nitrogens is 1. The lowest BCUT2D eigenvalue weighted by molar-refractivity contribution is 1.22. The fourth-order valence-electron chi connectivity index (χ4n) is 0.764. The van der Waals surface area contributed by atoms with Gasteiger partial charge in [0.05, 0.1) is 10.6 Å². The molecule has 68 valence electrons. The molecule has 1 aromatic rings. The SMILES string of the molecule is O=c1[nH]cc(Cl)cc1C#CCCS. The van der Waals surface area contributed by atoms with Gasteiger partial charge in [0, 0.05) is 18.4 Å². The van der Waals surface area contributed by atoms with Crippen molar-refractivity contribution in [3.63, 3.8) is 0 Å². The van der Waals surface area contributed by atoms with Crippen molar-refractivity contribution < 1.29 is 0 Å². The first-order valence-corrected chi connectivity index (χ1v) is 4.73. The van der Waals surface area contributed by atoms with E-state index < -0.39 is 0 Å². The molecule has 0 atom stereocenters. The van der Waals surface area contributed by atoms with Crippen LogP contribution in [0.25, 0.3) is 0 Å². The maximum absolute atomic E-state index is 11.1. The molecule has 0 amide bonds. The molecule has 0 aliphatic heterocycles. The average Bonchev–Trinajstić information content (AvgIpc) is 2.11. The number of thiol groups is 1. The molecule has 0 aromatic carbocycles. The summed E-state index contributed by atoms with van der Waals surface area (Å²) in [6.45, 7) is 0. The first-order valence-electron chi connectivity index (χ1n) is 3.72. The molecule has 2 nitrogen and oxygen atoms in total. The molecule has 0 aliphatic carbocycles. The second-order valence-electron chi connectivity index (χ2n) is 2.34. The number of hydrogen-bond donors (Lipinski definition) is 2. The number of hydrogen-bond acceptors (Lipinski definition) is 2. The summed E-state index contributed by atoms with van der Waals surface area (Å²) >= 11 is 9.68. The molecular formula is C9H8ClNOS. The monoisotopic (exact) mass is 213 g/mol. The van der Waals surface area contributed by atoms with Gasteiger partial charge in [0.25, 0.3) is 5.56 Å². The standard InChI is InChI=1S/C9H8ClNOS/c10-8-5-7(3-1-2-4-13)9(12)11-6-8/h5-6,13H,2,4H2,(H,11,12). The third kappa shape index (κ3) is 3.17. The maximum Gasteiger partial charge on any atom is 0.263 e. The Bertz CT molecular complexity index is 402. The van der Waals surface area contributed by atoms with Gasteiger partial charge in [-0.1, -0.05) is 23.4 Å². The minimum Gasteiger partial charge on any atom is -0.327 e. The molecule has 0 saturated heterocycles. The van der Waals surface area contributed by atoms with Crippen molar-refractivity contribution >= 4 is 24.2 Å². The van der Waals surface area contributed by atoms with Gasteiger partial charge in [-0.25, -0.2) is 0 Å². The smallest absolute Gasteiger partial charge is 0.263 e. The number of aromatic amines is 1. The van der Waals surface area contributed by atoms with E-state index in [9.17, 15) is 4.79 Å². The second kappa shape index (κ2) is 5.00. The van der Waals surface area contributed by atoms with Gasteiger partial charge >= 0.3 is 0 Å². The molecule has 13 heavy (non-hydrogen) atoms. The first-order chi connectivity index (χ1) is 6.24. The van der Waals surface area contributed by atoms with Gasteiger partial charge in [-0.2, -0.15) is 12.6 Å². The van der Waals surface area contributed by atoms with Crippen molar-refractivity contribution in [1.82, 2.24) is 4.98 Å². The summed E-state index contributed by atoms with van der Waals surface area (Å²) in [5, 5.41) is 0.481. The first kappa shape index (κ1) is 10.2. The highest BCUT2D eigenvalue weighted by Gasteiger charge is 1.95.